The molecule has 1 atom stereocenters. The number of amides is 2. The highest BCUT2D eigenvalue weighted by Crippen LogP contribution is 2.16. The molecule has 0 saturated carbocycles. The van der Waals surface area contributed by atoms with E-state index in [1.807, 2.05) is 6.92 Å². The van der Waals surface area contributed by atoms with E-state index in [2.05, 4.69) is 16.0 Å². The van der Waals surface area contributed by atoms with E-state index < -0.39 is 0 Å². The number of hydrogen-bond donors (Lipinski definition) is 3. The molecule has 2 aromatic carbocycles. The lowest BCUT2D eigenvalue weighted by atomic mass is 10.1. The van der Waals surface area contributed by atoms with Crippen LogP contribution in [0, 0.1) is 0 Å². The largest absolute Gasteiger partial charge is 0.494 e. The zero-order valence-electron chi connectivity index (χ0n) is 17.5. The van der Waals surface area contributed by atoms with Crippen LogP contribution in [0.25, 0.3) is 0 Å². The minimum Gasteiger partial charge on any atom is -0.494 e. The van der Waals surface area contributed by atoms with E-state index in [-0.39, 0.29) is 23.0 Å². The van der Waals surface area contributed by atoms with Crippen LogP contribution in [0.5, 0.6) is 5.75 Å². The van der Waals surface area contributed by atoms with Gasteiger partial charge in [-0.05, 0) is 67.9 Å². The molecule has 31 heavy (non-hydrogen) atoms. The summed E-state index contributed by atoms with van der Waals surface area (Å²) >= 11 is 5.27. The van der Waals surface area contributed by atoms with Gasteiger partial charge in [0.2, 0.25) is 0 Å². The van der Waals surface area contributed by atoms with E-state index in [1.165, 1.54) is 0 Å². The van der Waals surface area contributed by atoms with E-state index in [4.69, 9.17) is 21.7 Å². The summed E-state index contributed by atoms with van der Waals surface area (Å²) in [6.07, 6.45) is 2.93. The fourth-order valence-corrected chi connectivity index (χ4v) is 3.35. The maximum atomic E-state index is 12.6. The summed E-state index contributed by atoms with van der Waals surface area (Å²) in [7, 11) is 0. The molecule has 1 fully saturated rings. The average Bonchev–Trinajstić information content (AvgIpc) is 3.30. The smallest absolute Gasteiger partial charge is 0.257 e. The van der Waals surface area contributed by atoms with Crippen molar-refractivity contribution in [3.05, 3.63) is 59.7 Å². The summed E-state index contributed by atoms with van der Waals surface area (Å²) in [5, 5.41) is 8.58. The van der Waals surface area contributed by atoms with Crippen LogP contribution in [-0.4, -0.2) is 42.8 Å². The van der Waals surface area contributed by atoms with Crippen molar-refractivity contribution in [1.29, 1.82) is 0 Å². The molecule has 2 aromatic rings. The third kappa shape index (κ3) is 6.77. The molecule has 2 amide bonds. The van der Waals surface area contributed by atoms with Gasteiger partial charge in [0, 0.05) is 18.7 Å². The number of benzene rings is 2. The molecule has 0 bridgehead atoms. The third-order valence-electron chi connectivity index (χ3n) is 4.75. The monoisotopic (exact) mass is 441 g/mol. The lowest BCUT2D eigenvalue weighted by Crippen LogP contribution is -2.35. The molecule has 1 heterocycles. The average molecular weight is 442 g/mol. The first-order chi connectivity index (χ1) is 15.1. The quantitative estimate of drug-likeness (QED) is 0.544. The number of ether oxygens (including phenoxy) is 2. The highest BCUT2D eigenvalue weighted by atomic mass is 32.1. The molecule has 0 aromatic heterocycles. The molecule has 7 nitrogen and oxygen atoms in total. The van der Waals surface area contributed by atoms with Crippen LogP contribution >= 0.6 is 12.2 Å². The van der Waals surface area contributed by atoms with Gasteiger partial charge in [0.1, 0.15) is 5.75 Å². The fraction of sp³-hybridized carbons (Fsp3) is 0.348. The molecule has 3 rings (SSSR count). The van der Waals surface area contributed by atoms with Gasteiger partial charge in [0.15, 0.2) is 5.11 Å². The predicted octanol–water partition coefficient (Wildman–Crippen LogP) is 3.51. The van der Waals surface area contributed by atoms with Crippen LogP contribution in [0.2, 0.25) is 0 Å². The molecular weight excluding hydrogens is 414 g/mol. The molecule has 0 spiro atoms. The molecule has 1 saturated heterocycles. The number of nitrogens with one attached hydrogen (secondary N) is 3. The van der Waals surface area contributed by atoms with Crippen LogP contribution in [0.3, 0.4) is 0 Å². The molecule has 3 N–H and O–H groups in total. The van der Waals surface area contributed by atoms with E-state index in [1.54, 1.807) is 48.5 Å². The van der Waals surface area contributed by atoms with E-state index in [0.29, 0.717) is 35.7 Å². The first-order valence-corrected chi connectivity index (χ1v) is 10.8. The molecule has 8 heteroatoms. The predicted molar refractivity (Wildman–Crippen MR) is 124 cm³/mol. The topological polar surface area (TPSA) is 88.7 Å². The van der Waals surface area contributed by atoms with Crippen LogP contribution in [0.4, 0.5) is 5.69 Å². The van der Waals surface area contributed by atoms with Crippen molar-refractivity contribution in [2.24, 2.45) is 0 Å². The van der Waals surface area contributed by atoms with E-state index in [0.717, 1.165) is 25.9 Å². The Morgan fingerprint density at radius 3 is 2.61 bits per heavy atom. The Bertz CT molecular complexity index is 911. The molecule has 0 aliphatic carbocycles. The fourth-order valence-electron chi connectivity index (χ4n) is 3.15. The lowest BCUT2D eigenvalue weighted by molar-refractivity contribution is 0.0858. The Labute approximate surface area is 187 Å². The summed E-state index contributed by atoms with van der Waals surface area (Å²) in [5.41, 5.74) is 1.41. The summed E-state index contributed by atoms with van der Waals surface area (Å²) in [4.78, 5) is 25.1. The standard InChI is InChI=1S/C23H27N3O4S/c1-2-13-29-17-11-9-16(10-12-17)21(27)26-23(31)25-20-8-4-3-7-19(20)22(28)24-15-18-6-5-14-30-18/h3-4,7-12,18H,2,5-6,13-15H2,1H3,(H,24,28)(H2,25,26,27,31)/t18-/m1/s1. The van der Waals surface area contributed by atoms with Gasteiger partial charge >= 0.3 is 0 Å². The van der Waals surface area contributed by atoms with E-state index in [9.17, 15) is 9.59 Å². The van der Waals surface area contributed by atoms with Crippen LogP contribution in [0.1, 0.15) is 46.9 Å². The van der Waals surface area contributed by atoms with Gasteiger partial charge in [0.25, 0.3) is 11.8 Å². The van der Waals surface area contributed by atoms with Crippen molar-refractivity contribution < 1.29 is 19.1 Å². The Kier molecular flexibility index (Phi) is 8.37. The second kappa shape index (κ2) is 11.4. The van der Waals surface area contributed by atoms with E-state index >= 15 is 0 Å². The Morgan fingerprint density at radius 1 is 1.13 bits per heavy atom. The van der Waals surface area contributed by atoms with Gasteiger partial charge in [-0.15, -0.1) is 0 Å². The van der Waals surface area contributed by atoms with Gasteiger partial charge in [-0.1, -0.05) is 19.1 Å². The second-order valence-electron chi connectivity index (χ2n) is 7.17. The molecule has 164 valence electrons. The van der Waals surface area contributed by atoms with Crippen molar-refractivity contribution in [3.8, 4) is 5.75 Å². The number of para-hydroxylation sites is 1. The maximum absolute atomic E-state index is 12.6. The number of rotatable bonds is 8. The first kappa shape index (κ1) is 22.7. The first-order valence-electron chi connectivity index (χ1n) is 10.4. The van der Waals surface area contributed by atoms with Gasteiger partial charge in [0.05, 0.1) is 24.0 Å². The Morgan fingerprint density at radius 2 is 1.90 bits per heavy atom. The number of carbonyl (C=O) groups is 2. The van der Waals surface area contributed by atoms with Crippen molar-refractivity contribution in [3.63, 3.8) is 0 Å². The van der Waals surface area contributed by atoms with Crippen LogP contribution in [-0.2, 0) is 4.74 Å². The van der Waals surface area contributed by atoms with Crippen molar-refractivity contribution in [2.45, 2.75) is 32.3 Å². The number of thiocarbonyl (C=S) groups is 1. The minimum atomic E-state index is -0.347. The van der Waals surface area contributed by atoms with Crippen LogP contribution < -0.4 is 20.7 Å². The Hall–Kier alpha value is -2.97. The normalized spacial score (nSPS) is 15.2. The SMILES string of the molecule is CCCOc1ccc(C(=O)NC(=S)Nc2ccccc2C(=O)NC[C@H]2CCCO2)cc1. The highest BCUT2D eigenvalue weighted by molar-refractivity contribution is 7.80. The summed E-state index contributed by atoms with van der Waals surface area (Å²) in [6, 6.07) is 13.8. The zero-order valence-corrected chi connectivity index (χ0v) is 18.3. The number of carbonyl (C=O) groups excluding carboxylic acids is 2. The van der Waals surface area contributed by atoms with Crippen molar-refractivity contribution >= 4 is 34.8 Å². The van der Waals surface area contributed by atoms with Gasteiger partial charge in [-0.2, -0.15) is 0 Å². The van der Waals surface area contributed by atoms with Gasteiger partial charge in [-0.25, -0.2) is 0 Å². The van der Waals surface area contributed by atoms with Crippen molar-refractivity contribution in [2.75, 3.05) is 25.1 Å². The third-order valence-corrected chi connectivity index (χ3v) is 4.95. The lowest BCUT2D eigenvalue weighted by Gasteiger charge is -2.15. The zero-order chi connectivity index (χ0) is 22.1. The minimum absolute atomic E-state index is 0.0585. The summed E-state index contributed by atoms with van der Waals surface area (Å²) in [6.45, 7) is 3.86. The molecule has 1 aliphatic heterocycles. The van der Waals surface area contributed by atoms with Gasteiger partial charge in [-0.3, -0.25) is 14.9 Å². The number of hydrogen-bond acceptors (Lipinski definition) is 5. The van der Waals surface area contributed by atoms with Gasteiger partial charge < -0.3 is 20.1 Å². The molecule has 0 unspecified atom stereocenters. The molecule has 0 radical (unpaired) electrons. The Balaban J connectivity index is 1.56. The number of anilines is 1. The maximum Gasteiger partial charge on any atom is 0.257 e. The summed E-state index contributed by atoms with van der Waals surface area (Å²) in [5.74, 6) is 0.136. The van der Waals surface area contributed by atoms with Crippen LogP contribution in [0.15, 0.2) is 48.5 Å². The summed E-state index contributed by atoms with van der Waals surface area (Å²) < 4.78 is 11.1. The second-order valence-corrected chi connectivity index (χ2v) is 7.58. The molecule has 1 aliphatic rings. The van der Waals surface area contributed by atoms with Crippen molar-refractivity contribution in [1.82, 2.24) is 10.6 Å². The molecular formula is C23H27N3O4S. The highest BCUT2D eigenvalue weighted by Gasteiger charge is 2.18.